The van der Waals surface area contributed by atoms with Gasteiger partial charge in [-0.2, -0.15) is 0 Å². The molecule has 3 aromatic rings. The van der Waals surface area contributed by atoms with Crippen LogP contribution in [0.15, 0.2) is 66.7 Å². The number of hydrogen-bond acceptors (Lipinski definition) is 2. The van der Waals surface area contributed by atoms with E-state index in [4.69, 9.17) is 23.2 Å². The van der Waals surface area contributed by atoms with E-state index < -0.39 is 0 Å². The van der Waals surface area contributed by atoms with E-state index in [1.165, 1.54) is 5.56 Å². The SMILES string of the molecule is CN(C)Cc1ccc(-c2ccc(C(=O)c3cccc(Cl)c3Cl)cc2)cc1. The molecule has 0 atom stereocenters. The Labute approximate surface area is 164 Å². The first kappa shape index (κ1) is 18.7. The van der Waals surface area contributed by atoms with E-state index in [0.717, 1.165) is 17.7 Å². The summed E-state index contributed by atoms with van der Waals surface area (Å²) in [5, 5.41) is 0.673. The monoisotopic (exact) mass is 383 g/mol. The van der Waals surface area contributed by atoms with Gasteiger partial charge in [-0.15, -0.1) is 0 Å². The number of carbonyl (C=O) groups excluding carboxylic acids is 1. The zero-order valence-corrected chi connectivity index (χ0v) is 16.2. The van der Waals surface area contributed by atoms with E-state index in [-0.39, 0.29) is 5.78 Å². The molecule has 0 unspecified atom stereocenters. The van der Waals surface area contributed by atoms with Crippen molar-refractivity contribution in [1.82, 2.24) is 4.90 Å². The zero-order chi connectivity index (χ0) is 18.7. The van der Waals surface area contributed by atoms with Crippen LogP contribution in [-0.2, 0) is 6.54 Å². The third kappa shape index (κ3) is 4.16. The fraction of sp³-hybridized carbons (Fsp3) is 0.136. The van der Waals surface area contributed by atoms with Gasteiger partial charge in [-0.1, -0.05) is 77.8 Å². The highest BCUT2D eigenvalue weighted by atomic mass is 35.5. The molecule has 0 amide bonds. The number of carbonyl (C=O) groups is 1. The quantitative estimate of drug-likeness (QED) is 0.507. The van der Waals surface area contributed by atoms with Crippen LogP contribution in [0.3, 0.4) is 0 Å². The van der Waals surface area contributed by atoms with Gasteiger partial charge in [0.2, 0.25) is 0 Å². The molecule has 0 radical (unpaired) electrons. The molecule has 26 heavy (non-hydrogen) atoms. The molecule has 0 saturated carbocycles. The van der Waals surface area contributed by atoms with E-state index in [9.17, 15) is 4.79 Å². The summed E-state index contributed by atoms with van der Waals surface area (Å²) in [7, 11) is 4.10. The summed E-state index contributed by atoms with van der Waals surface area (Å²) < 4.78 is 0. The molecule has 132 valence electrons. The summed E-state index contributed by atoms with van der Waals surface area (Å²) in [6.07, 6.45) is 0. The van der Waals surface area contributed by atoms with Gasteiger partial charge >= 0.3 is 0 Å². The second-order valence-corrected chi connectivity index (χ2v) is 7.23. The van der Waals surface area contributed by atoms with E-state index in [0.29, 0.717) is 21.2 Å². The molecule has 0 heterocycles. The van der Waals surface area contributed by atoms with Crippen LogP contribution in [0.5, 0.6) is 0 Å². The fourth-order valence-corrected chi connectivity index (χ4v) is 3.20. The molecule has 0 spiro atoms. The predicted octanol–water partition coefficient (Wildman–Crippen LogP) is 5.95. The molecule has 0 aromatic heterocycles. The number of nitrogens with zero attached hydrogens (tertiary/aromatic N) is 1. The van der Waals surface area contributed by atoms with Crippen LogP contribution in [0.2, 0.25) is 10.0 Å². The first-order valence-electron chi connectivity index (χ1n) is 8.28. The van der Waals surface area contributed by atoms with Crippen molar-refractivity contribution in [2.75, 3.05) is 14.1 Å². The second kappa shape index (κ2) is 8.05. The Bertz CT molecular complexity index is 916. The third-order valence-electron chi connectivity index (χ3n) is 4.13. The lowest BCUT2D eigenvalue weighted by Crippen LogP contribution is -2.10. The summed E-state index contributed by atoms with van der Waals surface area (Å²) in [5.74, 6) is -0.134. The summed E-state index contributed by atoms with van der Waals surface area (Å²) in [4.78, 5) is 14.8. The summed E-state index contributed by atoms with van der Waals surface area (Å²) in [6.45, 7) is 0.911. The van der Waals surface area contributed by atoms with Gasteiger partial charge in [0.25, 0.3) is 0 Å². The average Bonchev–Trinajstić information content (AvgIpc) is 2.64. The molecule has 3 rings (SSSR count). The molecule has 0 aliphatic carbocycles. The van der Waals surface area contributed by atoms with Crippen LogP contribution in [0.4, 0.5) is 0 Å². The maximum absolute atomic E-state index is 12.7. The smallest absolute Gasteiger partial charge is 0.194 e. The lowest BCUT2D eigenvalue weighted by molar-refractivity contribution is 0.103. The molecule has 2 nitrogen and oxygen atoms in total. The topological polar surface area (TPSA) is 20.3 Å². The maximum atomic E-state index is 12.7. The third-order valence-corrected chi connectivity index (χ3v) is 4.95. The van der Waals surface area contributed by atoms with Gasteiger partial charge < -0.3 is 4.90 Å². The molecular weight excluding hydrogens is 365 g/mol. The van der Waals surface area contributed by atoms with E-state index in [1.54, 1.807) is 18.2 Å². The van der Waals surface area contributed by atoms with Crippen LogP contribution >= 0.6 is 23.2 Å². The van der Waals surface area contributed by atoms with E-state index >= 15 is 0 Å². The minimum atomic E-state index is -0.134. The lowest BCUT2D eigenvalue weighted by atomic mass is 9.99. The van der Waals surface area contributed by atoms with Crippen molar-refractivity contribution in [2.24, 2.45) is 0 Å². The average molecular weight is 384 g/mol. The normalized spacial score (nSPS) is 11.0. The molecule has 0 aliphatic heterocycles. The summed E-state index contributed by atoms with van der Waals surface area (Å²) in [6, 6.07) is 21.1. The van der Waals surface area contributed by atoms with Crippen LogP contribution in [0.25, 0.3) is 11.1 Å². The van der Waals surface area contributed by atoms with Crippen molar-refractivity contribution in [3.8, 4) is 11.1 Å². The molecule has 4 heteroatoms. The van der Waals surface area contributed by atoms with Crippen LogP contribution in [0.1, 0.15) is 21.5 Å². The standard InChI is InChI=1S/C22H19Cl2NO/c1-25(2)14-15-6-8-16(9-7-15)17-10-12-18(13-11-17)22(26)19-4-3-5-20(23)21(19)24/h3-13H,14H2,1-2H3. The zero-order valence-electron chi connectivity index (χ0n) is 14.7. The van der Waals surface area contributed by atoms with Gasteiger partial charge in [0, 0.05) is 17.7 Å². The second-order valence-electron chi connectivity index (χ2n) is 6.44. The number of hydrogen-bond donors (Lipinski definition) is 0. The van der Waals surface area contributed by atoms with Crippen molar-refractivity contribution in [3.63, 3.8) is 0 Å². The number of benzene rings is 3. The minimum absolute atomic E-state index is 0.134. The molecule has 0 N–H and O–H groups in total. The van der Waals surface area contributed by atoms with Crippen molar-refractivity contribution < 1.29 is 4.79 Å². The highest BCUT2D eigenvalue weighted by molar-refractivity contribution is 6.44. The first-order valence-corrected chi connectivity index (χ1v) is 9.04. The molecule has 3 aromatic carbocycles. The molecule has 0 fully saturated rings. The molecule has 0 saturated heterocycles. The summed E-state index contributed by atoms with van der Waals surface area (Å²) >= 11 is 12.2. The van der Waals surface area contributed by atoms with Crippen molar-refractivity contribution >= 4 is 29.0 Å². The highest BCUT2D eigenvalue weighted by Crippen LogP contribution is 2.28. The summed E-state index contributed by atoms with van der Waals surface area (Å²) in [5.41, 5.74) is 4.45. The van der Waals surface area contributed by atoms with Crippen molar-refractivity contribution in [2.45, 2.75) is 6.54 Å². The van der Waals surface area contributed by atoms with Gasteiger partial charge in [0.1, 0.15) is 0 Å². The van der Waals surface area contributed by atoms with Gasteiger partial charge in [-0.3, -0.25) is 4.79 Å². The Balaban J connectivity index is 1.82. The van der Waals surface area contributed by atoms with Crippen LogP contribution in [0, 0.1) is 0 Å². The Morgan fingerprint density at radius 2 is 1.42 bits per heavy atom. The molecular formula is C22H19Cl2NO. The van der Waals surface area contributed by atoms with Crippen molar-refractivity contribution in [3.05, 3.63) is 93.5 Å². The molecule has 0 aliphatic rings. The van der Waals surface area contributed by atoms with Gasteiger partial charge in [-0.05, 0) is 42.9 Å². The van der Waals surface area contributed by atoms with Gasteiger partial charge in [0.15, 0.2) is 5.78 Å². The Morgan fingerprint density at radius 1 is 0.846 bits per heavy atom. The van der Waals surface area contributed by atoms with Crippen LogP contribution in [-0.4, -0.2) is 24.8 Å². The lowest BCUT2D eigenvalue weighted by Gasteiger charge is -2.10. The number of ketones is 1. The maximum Gasteiger partial charge on any atom is 0.194 e. The molecule has 0 bridgehead atoms. The Hall–Kier alpha value is -2.13. The van der Waals surface area contributed by atoms with E-state index in [1.807, 2.05) is 24.3 Å². The predicted molar refractivity (Wildman–Crippen MR) is 109 cm³/mol. The number of halogens is 2. The Morgan fingerprint density at radius 3 is 2.00 bits per heavy atom. The first-order chi connectivity index (χ1) is 12.5. The fourth-order valence-electron chi connectivity index (χ4n) is 2.82. The number of rotatable bonds is 5. The van der Waals surface area contributed by atoms with E-state index in [2.05, 4.69) is 43.3 Å². The highest BCUT2D eigenvalue weighted by Gasteiger charge is 2.14. The van der Waals surface area contributed by atoms with Gasteiger partial charge in [0.05, 0.1) is 10.0 Å². The van der Waals surface area contributed by atoms with Gasteiger partial charge in [-0.25, -0.2) is 0 Å². The minimum Gasteiger partial charge on any atom is -0.305 e. The van der Waals surface area contributed by atoms with Crippen LogP contribution < -0.4 is 0 Å². The largest absolute Gasteiger partial charge is 0.305 e. The van der Waals surface area contributed by atoms with Crippen molar-refractivity contribution in [1.29, 1.82) is 0 Å². The Kier molecular flexibility index (Phi) is 5.77.